The molecule has 0 spiro atoms. The maximum atomic E-state index is 13.0. The molecule has 0 bridgehead atoms. The third kappa shape index (κ3) is 5.32. The zero-order valence-electron chi connectivity index (χ0n) is 22.9. The molecule has 0 saturated carbocycles. The first kappa shape index (κ1) is 26.2. The number of ether oxygens (including phenoxy) is 2. The van der Waals surface area contributed by atoms with E-state index in [2.05, 4.69) is 40.5 Å². The number of amides is 1. The van der Waals surface area contributed by atoms with E-state index in [9.17, 15) is 4.79 Å². The molecule has 0 unspecified atom stereocenters. The molecule has 4 aliphatic rings. The van der Waals surface area contributed by atoms with Gasteiger partial charge in [0, 0.05) is 74.5 Å². The number of halogens is 1. The summed E-state index contributed by atoms with van der Waals surface area (Å²) in [6, 6.07) is 14.9. The normalized spacial score (nSPS) is 24.1. The van der Waals surface area contributed by atoms with Crippen LogP contribution in [0, 0.1) is 0 Å². The number of piperidine rings is 1. The average Bonchev–Trinajstić information content (AvgIpc) is 3.56. The summed E-state index contributed by atoms with van der Waals surface area (Å²) in [6.45, 7) is 6.91. The van der Waals surface area contributed by atoms with Crippen molar-refractivity contribution >= 4 is 28.4 Å². The van der Waals surface area contributed by atoms with Gasteiger partial charge >= 0.3 is 0 Å². The van der Waals surface area contributed by atoms with Gasteiger partial charge < -0.3 is 19.7 Å². The number of hydrogen-bond acceptors (Lipinski definition) is 6. The van der Waals surface area contributed by atoms with Gasteiger partial charge in [0.25, 0.3) is 5.91 Å². The maximum Gasteiger partial charge on any atom is 0.254 e. The summed E-state index contributed by atoms with van der Waals surface area (Å²) in [5, 5.41) is 5.24. The molecule has 3 aromatic rings. The summed E-state index contributed by atoms with van der Waals surface area (Å²) in [4.78, 5) is 22.4. The smallest absolute Gasteiger partial charge is 0.254 e. The minimum atomic E-state index is 0.133. The van der Waals surface area contributed by atoms with Crippen molar-refractivity contribution in [3.63, 3.8) is 0 Å². The lowest BCUT2D eigenvalue weighted by Gasteiger charge is -2.31. The number of aromatic nitrogens is 1. The Bertz CT molecular complexity index is 1400. The van der Waals surface area contributed by atoms with Gasteiger partial charge in [-0.2, -0.15) is 0 Å². The highest BCUT2D eigenvalue weighted by Gasteiger charge is 2.34. The van der Waals surface area contributed by atoms with Gasteiger partial charge in [0.05, 0.1) is 10.5 Å². The van der Waals surface area contributed by atoms with E-state index >= 15 is 0 Å². The van der Waals surface area contributed by atoms with Crippen molar-refractivity contribution in [2.45, 2.75) is 63.3 Å². The predicted octanol–water partition coefficient (Wildman–Crippen LogP) is 5.14. The molecule has 1 N–H and O–H groups in total. The van der Waals surface area contributed by atoms with Gasteiger partial charge in [-0.15, -0.1) is 0 Å². The van der Waals surface area contributed by atoms with Crippen LogP contribution in [0.15, 0.2) is 42.5 Å². The fourth-order valence-corrected chi connectivity index (χ4v) is 7.14. The second kappa shape index (κ2) is 11.3. The van der Waals surface area contributed by atoms with E-state index in [-0.39, 0.29) is 18.1 Å². The van der Waals surface area contributed by atoms with Crippen molar-refractivity contribution in [3.8, 4) is 5.75 Å². The molecule has 4 aliphatic heterocycles. The molecule has 5 heterocycles. The molecule has 0 radical (unpaired) electrons. The Morgan fingerprint density at radius 1 is 1.07 bits per heavy atom. The summed E-state index contributed by atoms with van der Waals surface area (Å²) in [5.74, 6) is 1.48. The van der Waals surface area contributed by atoms with Crippen molar-refractivity contribution in [1.29, 1.82) is 0 Å². The molecule has 8 heteroatoms. The van der Waals surface area contributed by atoms with Crippen LogP contribution in [0.5, 0.6) is 5.75 Å². The van der Waals surface area contributed by atoms with Gasteiger partial charge in [0.15, 0.2) is 0 Å². The highest BCUT2D eigenvalue weighted by atomic mass is 35.5. The molecule has 40 heavy (non-hydrogen) atoms. The monoisotopic (exact) mass is 560 g/mol. The summed E-state index contributed by atoms with van der Waals surface area (Å²) < 4.78 is 11.9. The molecular formula is C32H37ClN4O3. The van der Waals surface area contributed by atoms with Crippen LogP contribution in [0.2, 0.25) is 5.02 Å². The molecule has 2 aromatic carbocycles. The van der Waals surface area contributed by atoms with E-state index < -0.39 is 0 Å². The van der Waals surface area contributed by atoms with E-state index in [1.807, 2.05) is 17.0 Å². The minimum absolute atomic E-state index is 0.133. The maximum absolute atomic E-state index is 13.0. The van der Waals surface area contributed by atoms with E-state index in [4.69, 9.17) is 26.1 Å². The quantitative estimate of drug-likeness (QED) is 0.450. The number of benzene rings is 2. The van der Waals surface area contributed by atoms with E-state index in [0.717, 1.165) is 117 Å². The van der Waals surface area contributed by atoms with Crippen molar-refractivity contribution in [2.75, 3.05) is 39.4 Å². The van der Waals surface area contributed by atoms with Crippen LogP contribution < -0.4 is 10.1 Å². The SMILES string of the molecule is O=C1c2ccc(O[C@H]3CCN(Cc4cc(Cl)c5nc(C6CCOCC6)ccc5c4)C3)cc2CN1[C@H]1CCCNC1. The first-order valence-electron chi connectivity index (χ1n) is 14.8. The Labute approximate surface area is 240 Å². The number of fused-ring (bicyclic) bond motifs is 2. The number of hydrogen-bond donors (Lipinski definition) is 1. The largest absolute Gasteiger partial charge is 0.489 e. The predicted molar refractivity (Wildman–Crippen MR) is 156 cm³/mol. The topological polar surface area (TPSA) is 66.9 Å². The fraction of sp³-hybridized carbons (Fsp3) is 0.500. The number of carbonyl (C=O) groups is 1. The molecule has 210 valence electrons. The van der Waals surface area contributed by atoms with Crippen molar-refractivity contribution in [2.24, 2.45) is 0 Å². The molecule has 7 nitrogen and oxygen atoms in total. The lowest BCUT2D eigenvalue weighted by Crippen LogP contribution is -2.46. The highest BCUT2D eigenvalue weighted by Crippen LogP contribution is 2.33. The van der Waals surface area contributed by atoms with Crippen molar-refractivity contribution in [3.05, 3.63) is 69.9 Å². The Morgan fingerprint density at radius 2 is 1.98 bits per heavy atom. The van der Waals surface area contributed by atoms with E-state index in [0.29, 0.717) is 12.5 Å². The van der Waals surface area contributed by atoms with Gasteiger partial charge in [-0.3, -0.25) is 14.7 Å². The van der Waals surface area contributed by atoms with Gasteiger partial charge in [-0.25, -0.2) is 0 Å². The van der Waals surface area contributed by atoms with Crippen LogP contribution in [-0.4, -0.2) is 72.2 Å². The third-order valence-electron chi connectivity index (χ3n) is 9.03. The summed E-state index contributed by atoms with van der Waals surface area (Å²) in [6.07, 6.45) is 5.35. The zero-order valence-corrected chi connectivity index (χ0v) is 23.7. The first-order chi connectivity index (χ1) is 19.6. The first-order valence-corrected chi connectivity index (χ1v) is 15.2. The minimum Gasteiger partial charge on any atom is -0.489 e. The fourth-order valence-electron chi connectivity index (χ4n) is 6.85. The van der Waals surface area contributed by atoms with Crippen LogP contribution in [0.4, 0.5) is 0 Å². The number of pyridine rings is 1. The van der Waals surface area contributed by atoms with Crippen molar-refractivity contribution < 1.29 is 14.3 Å². The van der Waals surface area contributed by atoms with Gasteiger partial charge in [-0.1, -0.05) is 17.7 Å². The van der Waals surface area contributed by atoms with Crippen molar-refractivity contribution in [1.82, 2.24) is 20.1 Å². The molecule has 3 fully saturated rings. The summed E-state index contributed by atoms with van der Waals surface area (Å²) in [5.41, 5.74) is 5.13. The van der Waals surface area contributed by atoms with Crippen LogP contribution >= 0.6 is 11.6 Å². The Morgan fingerprint density at radius 3 is 2.83 bits per heavy atom. The number of nitrogens with zero attached hydrogens (tertiary/aromatic N) is 3. The molecule has 0 aliphatic carbocycles. The lowest BCUT2D eigenvalue weighted by molar-refractivity contribution is 0.0674. The summed E-state index contributed by atoms with van der Waals surface area (Å²) >= 11 is 6.75. The van der Waals surface area contributed by atoms with Gasteiger partial charge in [-0.05, 0) is 86.2 Å². The summed E-state index contributed by atoms with van der Waals surface area (Å²) in [7, 11) is 0. The highest BCUT2D eigenvalue weighted by molar-refractivity contribution is 6.35. The standard InChI is InChI=1S/C32H37ClN4O3/c33-29-15-21(14-23-3-6-30(35-31(23)29)22-8-12-39-13-9-22)18-36-11-7-27(20-36)40-26-4-5-28-24(16-26)19-37(32(28)38)25-2-1-10-34-17-25/h3-6,14-16,22,25,27,34H,1-2,7-13,17-20H2/t25-,27-/m0/s1. The van der Waals surface area contributed by atoms with E-state index in [1.165, 1.54) is 5.56 Å². The van der Waals surface area contributed by atoms with Crippen LogP contribution in [-0.2, 0) is 17.8 Å². The zero-order chi connectivity index (χ0) is 27.1. The molecule has 1 aromatic heterocycles. The van der Waals surface area contributed by atoms with Gasteiger partial charge in [0.1, 0.15) is 11.9 Å². The molecule has 7 rings (SSSR count). The Balaban J connectivity index is 0.977. The number of rotatable bonds is 6. The van der Waals surface area contributed by atoms with Crippen LogP contribution in [0.25, 0.3) is 10.9 Å². The Hall–Kier alpha value is -2.71. The molecule has 3 saturated heterocycles. The second-order valence-corrected chi connectivity index (χ2v) is 12.2. The average molecular weight is 561 g/mol. The third-order valence-corrected chi connectivity index (χ3v) is 9.31. The number of nitrogens with one attached hydrogen (secondary N) is 1. The van der Waals surface area contributed by atoms with Crippen LogP contribution in [0.3, 0.4) is 0 Å². The van der Waals surface area contributed by atoms with E-state index in [1.54, 1.807) is 0 Å². The molecular weight excluding hydrogens is 524 g/mol. The van der Waals surface area contributed by atoms with Crippen LogP contribution in [0.1, 0.15) is 65.2 Å². The lowest BCUT2D eigenvalue weighted by atomic mass is 9.95. The second-order valence-electron chi connectivity index (χ2n) is 11.8. The number of carbonyl (C=O) groups excluding carboxylic acids is 1. The molecule has 2 atom stereocenters. The molecule has 1 amide bonds. The van der Waals surface area contributed by atoms with Gasteiger partial charge in [0.2, 0.25) is 0 Å². The number of likely N-dealkylation sites (tertiary alicyclic amines) is 1. The Kier molecular flexibility index (Phi) is 7.39.